The largest absolute Gasteiger partial charge is 0.465 e. The van der Waals surface area contributed by atoms with Crippen molar-refractivity contribution in [1.82, 2.24) is 0 Å². The van der Waals surface area contributed by atoms with Gasteiger partial charge in [0, 0.05) is 33.3 Å². The van der Waals surface area contributed by atoms with Gasteiger partial charge in [-0.1, -0.05) is 0 Å². The van der Waals surface area contributed by atoms with Crippen molar-refractivity contribution in [3.8, 4) is 0 Å². The fourth-order valence-corrected chi connectivity index (χ4v) is 1.71. The van der Waals surface area contributed by atoms with Crippen LogP contribution >= 0.6 is 0 Å². The SMILES string of the molecule is COCC(COC)B1OC(C)(C)C(C)(C)O1. The van der Waals surface area contributed by atoms with Gasteiger partial charge in [-0.15, -0.1) is 0 Å². The van der Waals surface area contributed by atoms with E-state index < -0.39 is 0 Å². The maximum Gasteiger partial charge on any atom is 0.465 e. The highest BCUT2D eigenvalue weighted by molar-refractivity contribution is 6.47. The van der Waals surface area contributed by atoms with E-state index >= 15 is 0 Å². The van der Waals surface area contributed by atoms with E-state index in [1.807, 2.05) is 27.7 Å². The first-order valence-corrected chi connectivity index (χ1v) is 5.67. The fourth-order valence-electron chi connectivity index (χ4n) is 1.71. The summed E-state index contributed by atoms with van der Waals surface area (Å²) in [5.41, 5.74) is -0.588. The second kappa shape index (κ2) is 5.04. The molecule has 0 saturated carbocycles. The van der Waals surface area contributed by atoms with E-state index in [4.69, 9.17) is 18.8 Å². The molecule has 0 aliphatic carbocycles. The molecule has 16 heavy (non-hydrogen) atoms. The molecule has 1 fully saturated rings. The average Bonchev–Trinajstić information content (AvgIpc) is 2.36. The number of ether oxygens (including phenoxy) is 2. The van der Waals surface area contributed by atoms with Crippen molar-refractivity contribution >= 4 is 7.12 Å². The molecule has 0 bridgehead atoms. The van der Waals surface area contributed by atoms with Gasteiger partial charge in [-0.05, 0) is 27.7 Å². The lowest BCUT2D eigenvalue weighted by molar-refractivity contribution is 0.00578. The van der Waals surface area contributed by atoms with E-state index in [2.05, 4.69) is 0 Å². The van der Waals surface area contributed by atoms with Crippen molar-refractivity contribution in [2.24, 2.45) is 0 Å². The van der Waals surface area contributed by atoms with Gasteiger partial charge in [0.1, 0.15) is 0 Å². The lowest BCUT2D eigenvalue weighted by Gasteiger charge is -2.32. The molecule has 0 amide bonds. The van der Waals surface area contributed by atoms with Crippen molar-refractivity contribution in [3.05, 3.63) is 0 Å². The third-order valence-corrected chi connectivity index (χ3v) is 3.42. The molecular weight excluding hydrogens is 207 g/mol. The molecule has 94 valence electrons. The van der Waals surface area contributed by atoms with Crippen molar-refractivity contribution in [2.45, 2.75) is 44.7 Å². The summed E-state index contributed by atoms with van der Waals surface area (Å²) < 4.78 is 22.2. The number of hydrogen-bond donors (Lipinski definition) is 0. The highest BCUT2D eigenvalue weighted by atomic mass is 16.7. The summed E-state index contributed by atoms with van der Waals surface area (Å²) in [6, 6.07) is 0. The Balaban J connectivity index is 2.68. The lowest BCUT2D eigenvalue weighted by Crippen LogP contribution is -2.41. The summed E-state index contributed by atoms with van der Waals surface area (Å²) >= 11 is 0. The van der Waals surface area contributed by atoms with Crippen LogP contribution in [0.3, 0.4) is 0 Å². The minimum Gasteiger partial charge on any atom is -0.403 e. The Kier molecular flexibility index (Phi) is 4.40. The molecule has 0 spiro atoms. The smallest absolute Gasteiger partial charge is 0.403 e. The lowest BCUT2D eigenvalue weighted by atomic mass is 9.73. The predicted molar refractivity (Wildman–Crippen MR) is 63.6 cm³/mol. The van der Waals surface area contributed by atoms with Crippen molar-refractivity contribution in [2.75, 3.05) is 27.4 Å². The van der Waals surface area contributed by atoms with Crippen LogP contribution in [0.2, 0.25) is 5.82 Å². The topological polar surface area (TPSA) is 36.9 Å². The Hall–Kier alpha value is -0.0951. The minimum absolute atomic E-state index is 0.107. The first-order chi connectivity index (χ1) is 7.34. The quantitative estimate of drug-likeness (QED) is 0.674. The summed E-state index contributed by atoms with van der Waals surface area (Å²) in [4.78, 5) is 0. The Bertz CT molecular complexity index is 208. The number of rotatable bonds is 5. The summed E-state index contributed by atoms with van der Waals surface area (Å²) in [5, 5.41) is 0. The Morgan fingerprint density at radius 2 is 1.31 bits per heavy atom. The average molecular weight is 230 g/mol. The van der Waals surface area contributed by atoms with Crippen LogP contribution in [-0.2, 0) is 18.8 Å². The monoisotopic (exact) mass is 230 g/mol. The van der Waals surface area contributed by atoms with Crippen LogP contribution in [0.15, 0.2) is 0 Å². The van der Waals surface area contributed by atoms with Crippen LogP contribution in [0.4, 0.5) is 0 Å². The van der Waals surface area contributed by atoms with Gasteiger partial charge < -0.3 is 18.8 Å². The first-order valence-electron chi connectivity index (χ1n) is 5.67. The normalized spacial score (nSPS) is 23.1. The molecule has 1 saturated heterocycles. The molecule has 0 aromatic rings. The van der Waals surface area contributed by atoms with Gasteiger partial charge in [0.15, 0.2) is 0 Å². The molecule has 1 rings (SSSR count). The summed E-state index contributed by atoms with van der Waals surface area (Å²) in [6.45, 7) is 9.33. The Morgan fingerprint density at radius 3 is 1.62 bits per heavy atom. The maximum absolute atomic E-state index is 5.95. The Morgan fingerprint density at radius 1 is 0.938 bits per heavy atom. The van der Waals surface area contributed by atoms with Gasteiger partial charge in [-0.25, -0.2) is 0 Å². The molecule has 0 N–H and O–H groups in total. The molecule has 0 aromatic carbocycles. The first kappa shape index (κ1) is 14.0. The zero-order valence-corrected chi connectivity index (χ0v) is 11.2. The zero-order valence-electron chi connectivity index (χ0n) is 11.2. The second-order valence-corrected chi connectivity index (χ2v) is 5.30. The van der Waals surface area contributed by atoms with Crippen LogP contribution in [0.5, 0.6) is 0 Å². The van der Waals surface area contributed by atoms with Crippen LogP contribution < -0.4 is 0 Å². The van der Waals surface area contributed by atoms with Crippen molar-refractivity contribution in [1.29, 1.82) is 0 Å². The number of hydrogen-bond acceptors (Lipinski definition) is 4. The molecule has 0 atom stereocenters. The van der Waals surface area contributed by atoms with Gasteiger partial charge >= 0.3 is 7.12 Å². The summed E-state index contributed by atoms with van der Waals surface area (Å²) in [5.74, 6) is 0.107. The second-order valence-electron chi connectivity index (χ2n) is 5.30. The van der Waals surface area contributed by atoms with E-state index in [-0.39, 0.29) is 24.1 Å². The van der Waals surface area contributed by atoms with E-state index in [1.54, 1.807) is 14.2 Å². The molecule has 0 radical (unpaired) electrons. The third kappa shape index (κ3) is 2.77. The minimum atomic E-state index is -0.294. The van der Waals surface area contributed by atoms with E-state index in [9.17, 15) is 0 Å². The van der Waals surface area contributed by atoms with Crippen molar-refractivity contribution in [3.63, 3.8) is 0 Å². The summed E-state index contributed by atoms with van der Waals surface area (Å²) in [6.07, 6.45) is 0. The Labute approximate surface area is 98.7 Å². The van der Waals surface area contributed by atoms with Crippen LogP contribution in [0, 0.1) is 0 Å². The van der Waals surface area contributed by atoms with Gasteiger partial charge in [0.25, 0.3) is 0 Å². The fraction of sp³-hybridized carbons (Fsp3) is 1.00. The molecule has 5 heteroatoms. The zero-order chi connectivity index (χ0) is 12.4. The van der Waals surface area contributed by atoms with E-state index in [0.717, 1.165) is 0 Å². The molecule has 1 heterocycles. The maximum atomic E-state index is 5.95. The molecule has 4 nitrogen and oxygen atoms in total. The van der Waals surface area contributed by atoms with E-state index in [0.29, 0.717) is 13.2 Å². The van der Waals surface area contributed by atoms with Crippen LogP contribution in [-0.4, -0.2) is 45.8 Å². The molecular formula is C11H23BO4. The van der Waals surface area contributed by atoms with Crippen LogP contribution in [0.25, 0.3) is 0 Å². The molecule has 0 unspecified atom stereocenters. The predicted octanol–water partition coefficient (Wildman–Crippen LogP) is 1.74. The van der Waals surface area contributed by atoms with E-state index in [1.165, 1.54) is 0 Å². The highest BCUT2D eigenvalue weighted by Gasteiger charge is 2.53. The van der Waals surface area contributed by atoms with Gasteiger partial charge in [-0.2, -0.15) is 0 Å². The van der Waals surface area contributed by atoms with Crippen LogP contribution in [0.1, 0.15) is 27.7 Å². The van der Waals surface area contributed by atoms with Gasteiger partial charge in [-0.3, -0.25) is 0 Å². The summed E-state index contributed by atoms with van der Waals surface area (Å²) in [7, 11) is 3.09. The highest BCUT2D eigenvalue weighted by Crippen LogP contribution is 2.39. The molecule has 1 aliphatic heterocycles. The van der Waals surface area contributed by atoms with Crippen molar-refractivity contribution < 1.29 is 18.8 Å². The molecule has 0 aromatic heterocycles. The van der Waals surface area contributed by atoms with Gasteiger partial charge in [0.2, 0.25) is 0 Å². The molecule has 1 aliphatic rings. The standard InChI is InChI=1S/C11H23BO4/c1-10(2)11(3,4)16-12(15-10)9(7-13-5)8-14-6/h9H,7-8H2,1-6H3. The van der Waals surface area contributed by atoms with Gasteiger partial charge in [0.05, 0.1) is 11.2 Å². The number of methoxy groups -OCH3 is 2. The third-order valence-electron chi connectivity index (χ3n) is 3.42.